The Balaban J connectivity index is 1.73. The predicted molar refractivity (Wildman–Crippen MR) is 96.6 cm³/mol. The second-order valence-electron chi connectivity index (χ2n) is 5.98. The molecule has 2 heterocycles. The molecule has 1 unspecified atom stereocenters. The van der Waals surface area contributed by atoms with Crippen LogP contribution in [0.5, 0.6) is 0 Å². The Morgan fingerprint density at radius 2 is 2.24 bits per heavy atom. The molecular weight excluding hydrogens is 342 g/mol. The molecule has 25 heavy (non-hydrogen) atoms. The zero-order valence-electron chi connectivity index (χ0n) is 14.4. The minimum atomic E-state index is -0.989. The van der Waals surface area contributed by atoms with Gasteiger partial charge in [-0.15, -0.1) is 0 Å². The molecular formula is C17H25N3O4S. The van der Waals surface area contributed by atoms with Gasteiger partial charge in [0.15, 0.2) is 0 Å². The fourth-order valence-electron chi connectivity index (χ4n) is 2.66. The molecule has 8 heteroatoms. The first-order valence-electron chi connectivity index (χ1n) is 8.38. The number of pyridine rings is 1. The van der Waals surface area contributed by atoms with Gasteiger partial charge in [0.05, 0.1) is 12.7 Å². The molecule has 0 aromatic carbocycles. The summed E-state index contributed by atoms with van der Waals surface area (Å²) in [5.74, 6) is -0.293. The van der Waals surface area contributed by atoms with Crippen molar-refractivity contribution in [2.24, 2.45) is 0 Å². The summed E-state index contributed by atoms with van der Waals surface area (Å²) in [7, 11) is 0. The topological polar surface area (TPSA) is 91.8 Å². The molecule has 2 rings (SSSR count). The number of carboxylic acids is 1. The van der Waals surface area contributed by atoms with Crippen molar-refractivity contribution < 1.29 is 19.4 Å². The summed E-state index contributed by atoms with van der Waals surface area (Å²) in [5, 5.41) is 11.8. The van der Waals surface area contributed by atoms with E-state index in [0.717, 1.165) is 18.4 Å². The smallest absolute Gasteiger partial charge is 0.326 e. The number of rotatable bonds is 8. The highest BCUT2D eigenvalue weighted by atomic mass is 32.2. The molecule has 7 nitrogen and oxygen atoms in total. The number of piperidine rings is 1. The molecule has 0 aliphatic carbocycles. The van der Waals surface area contributed by atoms with Gasteiger partial charge in [0, 0.05) is 25.5 Å². The standard InChI is InChI=1S/C17H25N3O4S/c1-25-10-6-15(16(21)22)19-17(23)20-8-4-14(5-9-20)24-12-13-3-2-7-18-11-13/h2-3,7,11,14-15H,4-6,8-10,12H2,1H3,(H,19,23)(H,21,22). The van der Waals surface area contributed by atoms with Crippen molar-refractivity contribution in [2.75, 3.05) is 25.1 Å². The molecule has 1 aromatic rings. The number of thioether (sulfide) groups is 1. The highest BCUT2D eigenvalue weighted by Gasteiger charge is 2.26. The lowest BCUT2D eigenvalue weighted by Gasteiger charge is -2.32. The minimum Gasteiger partial charge on any atom is -0.480 e. The first-order chi connectivity index (χ1) is 12.1. The first kappa shape index (κ1) is 19.5. The average molecular weight is 367 g/mol. The Labute approximate surface area is 152 Å². The van der Waals surface area contributed by atoms with E-state index in [0.29, 0.717) is 31.9 Å². The van der Waals surface area contributed by atoms with E-state index < -0.39 is 12.0 Å². The van der Waals surface area contributed by atoms with Crippen LogP contribution in [-0.4, -0.2) is 64.2 Å². The number of ether oxygens (including phenoxy) is 1. The minimum absolute atomic E-state index is 0.107. The summed E-state index contributed by atoms with van der Waals surface area (Å²) in [5.41, 5.74) is 1.03. The SMILES string of the molecule is CSCCC(NC(=O)N1CCC(OCc2cccnc2)CC1)C(=O)O. The van der Waals surface area contributed by atoms with E-state index in [9.17, 15) is 14.7 Å². The lowest BCUT2D eigenvalue weighted by Crippen LogP contribution is -2.51. The van der Waals surface area contributed by atoms with Crippen LogP contribution in [-0.2, 0) is 16.1 Å². The average Bonchev–Trinajstić information content (AvgIpc) is 2.64. The highest BCUT2D eigenvalue weighted by molar-refractivity contribution is 7.98. The van der Waals surface area contributed by atoms with Crippen LogP contribution < -0.4 is 5.32 Å². The van der Waals surface area contributed by atoms with Crippen molar-refractivity contribution in [3.8, 4) is 0 Å². The molecule has 0 bridgehead atoms. The van der Waals surface area contributed by atoms with E-state index in [1.54, 1.807) is 29.1 Å². The zero-order valence-corrected chi connectivity index (χ0v) is 15.2. The number of carbonyl (C=O) groups is 2. The maximum atomic E-state index is 12.3. The number of carboxylic acid groups (broad SMARTS) is 1. The van der Waals surface area contributed by atoms with Crippen LogP contribution in [0.2, 0.25) is 0 Å². The van der Waals surface area contributed by atoms with E-state index in [1.165, 1.54) is 0 Å². The van der Waals surface area contributed by atoms with Gasteiger partial charge in [-0.3, -0.25) is 4.98 Å². The van der Waals surface area contributed by atoms with Gasteiger partial charge in [-0.1, -0.05) is 6.07 Å². The fraction of sp³-hybridized carbons (Fsp3) is 0.588. The highest BCUT2D eigenvalue weighted by Crippen LogP contribution is 2.16. The molecule has 1 atom stereocenters. The summed E-state index contributed by atoms with van der Waals surface area (Å²) >= 11 is 1.56. The molecule has 138 valence electrons. The van der Waals surface area contributed by atoms with Crippen LogP contribution >= 0.6 is 11.8 Å². The normalized spacial score (nSPS) is 16.4. The van der Waals surface area contributed by atoms with E-state index in [1.807, 2.05) is 18.4 Å². The van der Waals surface area contributed by atoms with Crippen molar-refractivity contribution in [2.45, 2.75) is 38.0 Å². The summed E-state index contributed by atoms with van der Waals surface area (Å²) in [6.45, 7) is 1.65. The third-order valence-electron chi connectivity index (χ3n) is 4.14. The van der Waals surface area contributed by atoms with Gasteiger partial charge in [0.25, 0.3) is 0 Å². The Hall–Kier alpha value is -1.80. The number of amides is 2. The summed E-state index contributed by atoms with van der Waals surface area (Å²) in [4.78, 5) is 29.2. The Morgan fingerprint density at radius 3 is 2.84 bits per heavy atom. The fourth-order valence-corrected chi connectivity index (χ4v) is 3.13. The van der Waals surface area contributed by atoms with Gasteiger partial charge in [0.1, 0.15) is 6.04 Å². The maximum Gasteiger partial charge on any atom is 0.326 e. The number of hydrogen-bond acceptors (Lipinski definition) is 5. The number of carbonyl (C=O) groups excluding carboxylic acids is 1. The van der Waals surface area contributed by atoms with Gasteiger partial charge in [-0.25, -0.2) is 9.59 Å². The monoisotopic (exact) mass is 367 g/mol. The van der Waals surface area contributed by atoms with Gasteiger partial charge in [0.2, 0.25) is 0 Å². The number of likely N-dealkylation sites (tertiary alicyclic amines) is 1. The Kier molecular flexibility index (Phi) is 8.00. The van der Waals surface area contributed by atoms with Crippen LogP contribution in [0.1, 0.15) is 24.8 Å². The Morgan fingerprint density at radius 1 is 1.48 bits per heavy atom. The maximum absolute atomic E-state index is 12.3. The van der Waals surface area contributed by atoms with Gasteiger partial charge < -0.3 is 20.1 Å². The van der Waals surface area contributed by atoms with E-state index in [-0.39, 0.29) is 12.1 Å². The van der Waals surface area contributed by atoms with Crippen LogP contribution in [0.4, 0.5) is 4.79 Å². The molecule has 0 radical (unpaired) electrons. The van der Waals surface area contributed by atoms with Gasteiger partial charge in [-0.05, 0) is 42.9 Å². The quantitative estimate of drug-likeness (QED) is 0.730. The molecule has 1 fully saturated rings. The predicted octanol–water partition coefficient (Wildman–Crippen LogP) is 1.98. The third-order valence-corrected chi connectivity index (χ3v) is 4.79. The lowest BCUT2D eigenvalue weighted by atomic mass is 10.1. The first-order valence-corrected chi connectivity index (χ1v) is 9.77. The number of nitrogens with zero attached hydrogens (tertiary/aromatic N) is 2. The van der Waals surface area contributed by atoms with Crippen LogP contribution in [0.3, 0.4) is 0 Å². The van der Waals surface area contributed by atoms with Gasteiger partial charge in [-0.2, -0.15) is 11.8 Å². The molecule has 1 aliphatic heterocycles. The number of nitrogens with one attached hydrogen (secondary N) is 1. The van der Waals surface area contributed by atoms with E-state index in [2.05, 4.69) is 10.3 Å². The number of urea groups is 1. The van der Waals surface area contributed by atoms with E-state index >= 15 is 0 Å². The molecule has 2 N–H and O–H groups in total. The molecule has 1 aromatic heterocycles. The lowest BCUT2D eigenvalue weighted by molar-refractivity contribution is -0.139. The summed E-state index contributed by atoms with van der Waals surface area (Å²) in [6.07, 6.45) is 7.44. The van der Waals surface area contributed by atoms with Crippen LogP contribution in [0.25, 0.3) is 0 Å². The second-order valence-corrected chi connectivity index (χ2v) is 6.97. The summed E-state index contributed by atoms with van der Waals surface area (Å²) in [6, 6.07) is 2.70. The molecule has 1 aliphatic rings. The van der Waals surface area contributed by atoms with E-state index in [4.69, 9.17) is 4.74 Å². The molecule has 0 saturated carbocycles. The van der Waals surface area contributed by atoms with Crippen LogP contribution in [0.15, 0.2) is 24.5 Å². The van der Waals surface area contributed by atoms with Gasteiger partial charge >= 0.3 is 12.0 Å². The largest absolute Gasteiger partial charge is 0.480 e. The van der Waals surface area contributed by atoms with Crippen molar-refractivity contribution in [1.29, 1.82) is 0 Å². The number of aliphatic carboxylic acids is 1. The van der Waals surface area contributed by atoms with Crippen molar-refractivity contribution in [3.63, 3.8) is 0 Å². The van der Waals surface area contributed by atoms with Crippen molar-refractivity contribution in [1.82, 2.24) is 15.2 Å². The third kappa shape index (κ3) is 6.55. The second kappa shape index (κ2) is 10.2. The molecule has 2 amide bonds. The number of hydrogen-bond donors (Lipinski definition) is 2. The number of aromatic nitrogens is 1. The van der Waals surface area contributed by atoms with Crippen molar-refractivity contribution >= 4 is 23.8 Å². The molecule has 1 saturated heterocycles. The summed E-state index contributed by atoms with van der Waals surface area (Å²) < 4.78 is 5.87. The molecule has 0 spiro atoms. The van der Waals surface area contributed by atoms with Crippen LogP contribution in [0, 0.1) is 0 Å². The zero-order chi connectivity index (χ0) is 18.1. The van der Waals surface area contributed by atoms with Crippen molar-refractivity contribution in [3.05, 3.63) is 30.1 Å². The Bertz CT molecular complexity index is 550.